The summed E-state index contributed by atoms with van der Waals surface area (Å²) in [5.74, 6) is -0.633. The zero-order valence-corrected chi connectivity index (χ0v) is 17.3. The lowest BCUT2D eigenvalue weighted by molar-refractivity contribution is -0.153. The molecule has 3 aromatic rings. The second kappa shape index (κ2) is 7.85. The first-order chi connectivity index (χ1) is 13.5. The molecule has 1 aromatic carbocycles. The number of carbonyl (C=O) groups is 2. The molecule has 28 heavy (non-hydrogen) atoms. The van der Waals surface area contributed by atoms with Crippen LogP contribution >= 0.6 is 22.7 Å². The summed E-state index contributed by atoms with van der Waals surface area (Å²) in [5, 5.41) is 6.77. The Balaban J connectivity index is 1.39. The molecule has 5 nitrogen and oxygen atoms in total. The van der Waals surface area contributed by atoms with Gasteiger partial charge in [0, 0.05) is 28.1 Å². The Kier molecular flexibility index (Phi) is 5.28. The van der Waals surface area contributed by atoms with Crippen LogP contribution in [0.25, 0.3) is 10.6 Å². The lowest BCUT2D eigenvalue weighted by Crippen LogP contribution is -2.43. The summed E-state index contributed by atoms with van der Waals surface area (Å²) in [6, 6.07) is 9.91. The molecule has 2 atom stereocenters. The molecule has 0 saturated heterocycles. The van der Waals surface area contributed by atoms with Gasteiger partial charge >= 0.3 is 5.97 Å². The Bertz CT molecular complexity index is 997. The quantitative estimate of drug-likeness (QED) is 0.586. The average molecular weight is 413 g/mol. The highest BCUT2D eigenvalue weighted by Crippen LogP contribution is 2.32. The number of nitrogens with zero attached hydrogens (tertiary/aromatic N) is 2. The number of rotatable bonds is 5. The summed E-state index contributed by atoms with van der Waals surface area (Å²) in [5.41, 5.74) is 3.77. The van der Waals surface area contributed by atoms with E-state index in [0.29, 0.717) is 5.69 Å². The van der Waals surface area contributed by atoms with Crippen molar-refractivity contribution in [3.8, 4) is 10.6 Å². The van der Waals surface area contributed by atoms with Gasteiger partial charge in [-0.2, -0.15) is 11.3 Å². The second-order valence-corrected chi connectivity index (χ2v) is 8.49. The first-order valence-corrected chi connectivity index (χ1v) is 10.9. The van der Waals surface area contributed by atoms with E-state index < -0.39 is 12.1 Å². The third-order valence-electron chi connectivity index (χ3n) is 4.75. The molecule has 0 bridgehead atoms. The van der Waals surface area contributed by atoms with E-state index in [0.717, 1.165) is 28.2 Å². The lowest BCUT2D eigenvalue weighted by Gasteiger charge is -2.25. The standard InChI is InChI=1S/C21H20N2O3S2/c1-13-9-15-5-3-4-6-18(15)23(13)21(25)14(2)26-19(24)10-17-12-28-20(22-17)16-7-8-27-11-16/h3-8,11-14H,9-10H2,1-2H3/t13-,14+/m1/s1. The SMILES string of the molecule is C[C@H](OC(=O)Cc1csc(-c2ccsc2)n1)C(=O)N1c2ccccc2C[C@H]1C. The molecule has 0 spiro atoms. The van der Waals surface area contributed by atoms with Gasteiger partial charge in [0.15, 0.2) is 6.10 Å². The summed E-state index contributed by atoms with van der Waals surface area (Å²) >= 11 is 3.11. The van der Waals surface area contributed by atoms with E-state index >= 15 is 0 Å². The number of benzene rings is 1. The minimum Gasteiger partial charge on any atom is -0.452 e. The van der Waals surface area contributed by atoms with Gasteiger partial charge in [-0.05, 0) is 43.3 Å². The van der Waals surface area contributed by atoms with Crippen molar-refractivity contribution in [2.24, 2.45) is 0 Å². The largest absolute Gasteiger partial charge is 0.452 e. The maximum absolute atomic E-state index is 12.9. The van der Waals surface area contributed by atoms with Crippen LogP contribution in [0.2, 0.25) is 0 Å². The molecule has 3 heterocycles. The van der Waals surface area contributed by atoms with Gasteiger partial charge in [0.05, 0.1) is 12.1 Å². The van der Waals surface area contributed by atoms with E-state index in [1.54, 1.807) is 23.2 Å². The molecule has 7 heteroatoms. The van der Waals surface area contributed by atoms with Crippen molar-refractivity contribution in [2.75, 3.05) is 4.90 Å². The first kappa shape index (κ1) is 18.8. The number of amides is 1. The number of hydrogen-bond acceptors (Lipinski definition) is 6. The van der Waals surface area contributed by atoms with E-state index in [1.807, 2.05) is 53.4 Å². The van der Waals surface area contributed by atoms with Crippen LogP contribution in [0.4, 0.5) is 5.69 Å². The zero-order chi connectivity index (χ0) is 19.7. The van der Waals surface area contributed by atoms with Crippen LogP contribution in [0.15, 0.2) is 46.5 Å². The number of para-hydroxylation sites is 1. The number of hydrogen-bond donors (Lipinski definition) is 0. The predicted molar refractivity (Wildman–Crippen MR) is 112 cm³/mol. The normalized spacial score (nSPS) is 16.6. The van der Waals surface area contributed by atoms with Crippen molar-refractivity contribution in [1.29, 1.82) is 0 Å². The fraction of sp³-hybridized carbons (Fsp3) is 0.286. The molecule has 0 N–H and O–H groups in total. The van der Waals surface area contributed by atoms with E-state index in [4.69, 9.17) is 4.74 Å². The number of anilines is 1. The van der Waals surface area contributed by atoms with Crippen molar-refractivity contribution in [3.63, 3.8) is 0 Å². The minimum absolute atomic E-state index is 0.0535. The van der Waals surface area contributed by atoms with Crippen molar-refractivity contribution in [1.82, 2.24) is 4.98 Å². The van der Waals surface area contributed by atoms with Crippen molar-refractivity contribution >= 4 is 40.2 Å². The number of fused-ring (bicyclic) bond motifs is 1. The monoisotopic (exact) mass is 412 g/mol. The van der Waals surface area contributed by atoms with Gasteiger partial charge in [0.2, 0.25) is 0 Å². The maximum Gasteiger partial charge on any atom is 0.312 e. The average Bonchev–Trinajstić information content (AvgIpc) is 3.39. The molecule has 0 aliphatic carbocycles. The zero-order valence-electron chi connectivity index (χ0n) is 15.6. The van der Waals surface area contributed by atoms with Crippen LogP contribution < -0.4 is 4.90 Å². The number of carbonyl (C=O) groups excluding carboxylic acids is 2. The molecule has 1 aliphatic rings. The Morgan fingerprint density at radius 3 is 2.89 bits per heavy atom. The van der Waals surface area contributed by atoms with E-state index in [1.165, 1.54) is 11.3 Å². The van der Waals surface area contributed by atoms with Gasteiger partial charge in [0.25, 0.3) is 5.91 Å². The fourth-order valence-electron chi connectivity index (χ4n) is 3.44. The Labute approximate surface area is 171 Å². The molecular formula is C21H20N2O3S2. The van der Waals surface area contributed by atoms with Crippen LogP contribution in [0.3, 0.4) is 0 Å². The van der Waals surface area contributed by atoms with Crippen molar-refractivity contribution in [2.45, 2.75) is 38.8 Å². The molecule has 0 unspecified atom stereocenters. The van der Waals surface area contributed by atoms with Crippen LogP contribution in [-0.2, 0) is 27.2 Å². The van der Waals surface area contributed by atoms with Gasteiger partial charge in [-0.25, -0.2) is 4.98 Å². The Morgan fingerprint density at radius 1 is 1.29 bits per heavy atom. The van der Waals surface area contributed by atoms with Crippen LogP contribution in [0.5, 0.6) is 0 Å². The molecule has 4 rings (SSSR count). The van der Waals surface area contributed by atoms with Gasteiger partial charge < -0.3 is 9.64 Å². The molecule has 1 amide bonds. The highest BCUT2D eigenvalue weighted by atomic mass is 32.1. The smallest absolute Gasteiger partial charge is 0.312 e. The number of ether oxygens (including phenoxy) is 1. The Morgan fingerprint density at radius 2 is 2.11 bits per heavy atom. The van der Waals surface area contributed by atoms with Gasteiger partial charge in [0.1, 0.15) is 5.01 Å². The third kappa shape index (κ3) is 3.72. The molecule has 2 aromatic heterocycles. The minimum atomic E-state index is -0.837. The lowest BCUT2D eigenvalue weighted by atomic mass is 10.1. The predicted octanol–water partition coefficient (Wildman–Crippen LogP) is 4.32. The second-order valence-electron chi connectivity index (χ2n) is 6.85. The highest BCUT2D eigenvalue weighted by molar-refractivity contribution is 7.14. The van der Waals surface area contributed by atoms with Gasteiger partial charge in [-0.15, -0.1) is 11.3 Å². The van der Waals surface area contributed by atoms with Crippen LogP contribution in [-0.4, -0.2) is 29.0 Å². The van der Waals surface area contributed by atoms with E-state index in [9.17, 15) is 9.59 Å². The van der Waals surface area contributed by atoms with Gasteiger partial charge in [-0.3, -0.25) is 9.59 Å². The Hall–Kier alpha value is -2.51. The molecule has 144 valence electrons. The molecule has 1 aliphatic heterocycles. The van der Waals surface area contributed by atoms with E-state index in [-0.39, 0.29) is 18.4 Å². The maximum atomic E-state index is 12.9. The number of aromatic nitrogens is 1. The summed E-state index contributed by atoms with van der Waals surface area (Å²) in [7, 11) is 0. The van der Waals surface area contributed by atoms with E-state index in [2.05, 4.69) is 4.98 Å². The fourth-order valence-corrected chi connectivity index (χ4v) is 4.97. The number of esters is 1. The molecule has 0 fully saturated rings. The van der Waals surface area contributed by atoms with Crippen LogP contribution in [0.1, 0.15) is 25.1 Å². The van der Waals surface area contributed by atoms with Crippen LogP contribution in [0, 0.1) is 0 Å². The molecular weight excluding hydrogens is 392 g/mol. The summed E-state index contributed by atoms with van der Waals surface area (Å²) in [6.45, 7) is 3.64. The highest BCUT2D eigenvalue weighted by Gasteiger charge is 2.34. The third-order valence-corrected chi connectivity index (χ3v) is 6.37. The first-order valence-electron chi connectivity index (χ1n) is 9.10. The number of thiophene rings is 1. The summed E-state index contributed by atoms with van der Waals surface area (Å²) in [6.07, 6.45) is 0.0352. The van der Waals surface area contributed by atoms with Crippen molar-refractivity contribution < 1.29 is 14.3 Å². The van der Waals surface area contributed by atoms with Crippen molar-refractivity contribution in [3.05, 3.63) is 57.7 Å². The molecule has 0 saturated carbocycles. The topological polar surface area (TPSA) is 59.5 Å². The summed E-state index contributed by atoms with van der Waals surface area (Å²) in [4.78, 5) is 31.5. The summed E-state index contributed by atoms with van der Waals surface area (Å²) < 4.78 is 5.43. The van der Waals surface area contributed by atoms with Gasteiger partial charge in [-0.1, -0.05) is 18.2 Å². The molecule has 0 radical (unpaired) electrons. The number of thiazole rings is 1.